The molecule has 0 saturated heterocycles. The maximum Gasteiger partial charge on any atom is 0.242 e. The fourth-order valence-electron chi connectivity index (χ4n) is 2.57. The molecule has 7 heteroatoms. The van der Waals surface area contributed by atoms with E-state index in [-0.39, 0.29) is 10.9 Å². The van der Waals surface area contributed by atoms with Crippen molar-refractivity contribution in [3.63, 3.8) is 0 Å². The number of thioether (sulfide) groups is 1. The Labute approximate surface area is 131 Å². The van der Waals surface area contributed by atoms with Crippen LogP contribution in [0.3, 0.4) is 0 Å². The van der Waals surface area contributed by atoms with E-state index < -0.39 is 10.0 Å². The molecule has 2 N–H and O–H groups in total. The van der Waals surface area contributed by atoms with Gasteiger partial charge in [0.05, 0.1) is 0 Å². The molecule has 0 amide bonds. The first-order valence-corrected chi connectivity index (χ1v) is 9.94. The standard InChI is InChI=1S/C14H23N3O2S2/c1-3-15-14-9-8-11(10-16-14)21(18,19)17-12-6-5-7-13(12)20-4-2/h8-10,12-13,17H,3-7H2,1-2H3,(H,15,16). The number of hydrogen-bond acceptors (Lipinski definition) is 5. The second kappa shape index (κ2) is 7.47. The van der Waals surface area contributed by atoms with Crippen LogP contribution < -0.4 is 10.0 Å². The molecule has 1 aromatic rings. The minimum atomic E-state index is -3.48. The molecule has 21 heavy (non-hydrogen) atoms. The molecule has 1 aliphatic rings. The maximum absolute atomic E-state index is 12.4. The molecule has 118 valence electrons. The highest BCUT2D eigenvalue weighted by molar-refractivity contribution is 8.00. The molecular formula is C14H23N3O2S2. The lowest BCUT2D eigenvalue weighted by molar-refractivity contribution is 0.555. The van der Waals surface area contributed by atoms with Gasteiger partial charge in [-0.1, -0.05) is 13.3 Å². The number of pyridine rings is 1. The normalized spacial score (nSPS) is 22.4. The van der Waals surface area contributed by atoms with Crippen molar-refractivity contribution in [1.82, 2.24) is 9.71 Å². The second-order valence-electron chi connectivity index (χ2n) is 5.06. The van der Waals surface area contributed by atoms with E-state index in [4.69, 9.17) is 0 Å². The molecule has 0 spiro atoms. The van der Waals surface area contributed by atoms with Crippen LogP contribution >= 0.6 is 11.8 Å². The van der Waals surface area contributed by atoms with E-state index in [1.165, 1.54) is 6.20 Å². The Morgan fingerprint density at radius 3 is 2.76 bits per heavy atom. The van der Waals surface area contributed by atoms with Crippen molar-refractivity contribution >= 4 is 27.6 Å². The van der Waals surface area contributed by atoms with Crippen LogP contribution in [-0.2, 0) is 10.0 Å². The van der Waals surface area contributed by atoms with Gasteiger partial charge in [-0.2, -0.15) is 11.8 Å². The molecule has 0 radical (unpaired) electrons. The van der Waals surface area contributed by atoms with Crippen molar-refractivity contribution < 1.29 is 8.42 Å². The van der Waals surface area contributed by atoms with Gasteiger partial charge in [0.1, 0.15) is 10.7 Å². The number of sulfonamides is 1. The van der Waals surface area contributed by atoms with E-state index in [1.54, 1.807) is 12.1 Å². The van der Waals surface area contributed by atoms with Crippen molar-refractivity contribution in [3.05, 3.63) is 18.3 Å². The van der Waals surface area contributed by atoms with Gasteiger partial charge in [-0.05, 0) is 37.7 Å². The Morgan fingerprint density at radius 1 is 1.33 bits per heavy atom. The zero-order valence-corrected chi connectivity index (χ0v) is 14.1. The Hall–Kier alpha value is -0.790. The van der Waals surface area contributed by atoms with E-state index in [9.17, 15) is 8.42 Å². The average molecular weight is 329 g/mol. The zero-order valence-electron chi connectivity index (χ0n) is 12.5. The van der Waals surface area contributed by atoms with Crippen molar-refractivity contribution in [2.75, 3.05) is 17.6 Å². The first-order chi connectivity index (χ1) is 10.1. The van der Waals surface area contributed by atoms with Crippen LogP contribution in [0.1, 0.15) is 33.1 Å². The lowest BCUT2D eigenvalue weighted by atomic mass is 10.3. The number of hydrogen-bond donors (Lipinski definition) is 2. The van der Waals surface area contributed by atoms with Crippen LogP contribution in [0.15, 0.2) is 23.2 Å². The molecule has 1 heterocycles. The minimum absolute atomic E-state index is 0.0355. The second-order valence-corrected chi connectivity index (χ2v) is 8.29. The Kier molecular flexibility index (Phi) is 5.89. The third-order valence-corrected chi connectivity index (χ3v) is 6.35. The Bertz CT molecular complexity index is 546. The molecular weight excluding hydrogens is 306 g/mol. The quantitative estimate of drug-likeness (QED) is 0.804. The lowest BCUT2D eigenvalue weighted by Crippen LogP contribution is -2.38. The summed E-state index contributed by atoms with van der Waals surface area (Å²) in [6.07, 6.45) is 4.50. The highest BCUT2D eigenvalue weighted by Crippen LogP contribution is 2.30. The van der Waals surface area contributed by atoms with Gasteiger partial charge in [0, 0.05) is 24.0 Å². The predicted molar refractivity (Wildman–Crippen MR) is 88.3 cm³/mol. The fourth-order valence-corrected chi connectivity index (χ4v) is 5.11. The molecule has 0 aliphatic heterocycles. The van der Waals surface area contributed by atoms with Crippen molar-refractivity contribution in [3.8, 4) is 0 Å². The SMILES string of the molecule is CCNc1ccc(S(=O)(=O)NC2CCCC2SCC)cn1. The molecule has 0 bridgehead atoms. The number of nitrogens with zero attached hydrogens (tertiary/aromatic N) is 1. The third-order valence-electron chi connectivity index (χ3n) is 3.54. The fraction of sp³-hybridized carbons (Fsp3) is 0.643. The molecule has 1 aromatic heterocycles. The molecule has 2 unspecified atom stereocenters. The van der Waals surface area contributed by atoms with Gasteiger partial charge in [-0.25, -0.2) is 18.1 Å². The molecule has 2 rings (SSSR count). The summed E-state index contributed by atoms with van der Waals surface area (Å²) in [7, 11) is -3.48. The van der Waals surface area contributed by atoms with Crippen LogP contribution in [-0.4, -0.2) is 37.0 Å². The van der Waals surface area contributed by atoms with Crippen molar-refractivity contribution in [1.29, 1.82) is 0 Å². The summed E-state index contributed by atoms with van der Waals surface area (Å²) in [5, 5.41) is 3.44. The van der Waals surface area contributed by atoms with E-state index >= 15 is 0 Å². The largest absolute Gasteiger partial charge is 0.370 e. The van der Waals surface area contributed by atoms with Gasteiger partial charge in [0.15, 0.2) is 0 Å². The number of nitrogens with one attached hydrogen (secondary N) is 2. The van der Waals surface area contributed by atoms with Crippen LogP contribution in [0.5, 0.6) is 0 Å². The van der Waals surface area contributed by atoms with Gasteiger partial charge in [0.2, 0.25) is 10.0 Å². The average Bonchev–Trinajstić information content (AvgIpc) is 2.87. The zero-order chi connectivity index (χ0) is 15.3. The molecule has 5 nitrogen and oxygen atoms in total. The highest BCUT2D eigenvalue weighted by atomic mass is 32.2. The van der Waals surface area contributed by atoms with Crippen LogP contribution in [0.4, 0.5) is 5.82 Å². The summed E-state index contributed by atoms with van der Waals surface area (Å²) < 4.78 is 27.7. The lowest BCUT2D eigenvalue weighted by Gasteiger charge is -2.20. The summed E-state index contributed by atoms with van der Waals surface area (Å²) in [5.74, 6) is 1.71. The number of rotatable bonds is 7. The third kappa shape index (κ3) is 4.34. The molecule has 0 aromatic carbocycles. The van der Waals surface area contributed by atoms with Gasteiger partial charge < -0.3 is 5.32 Å². The smallest absolute Gasteiger partial charge is 0.242 e. The van der Waals surface area contributed by atoms with E-state index in [0.717, 1.165) is 31.6 Å². The van der Waals surface area contributed by atoms with E-state index in [1.807, 2.05) is 18.7 Å². The van der Waals surface area contributed by atoms with E-state index in [0.29, 0.717) is 11.1 Å². The first-order valence-electron chi connectivity index (χ1n) is 7.40. The molecule has 1 aliphatic carbocycles. The summed E-state index contributed by atoms with van der Waals surface area (Å²) in [5.41, 5.74) is 0. The van der Waals surface area contributed by atoms with Gasteiger partial charge >= 0.3 is 0 Å². The van der Waals surface area contributed by atoms with Crippen molar-refractivity contribution in [2.24, 2.45) is 0 Å². The topological polar surface area (TPSA) is 71.1 Å². The monoisotopic (exact) mass is 329 g/mol. The molecule has 2 atom stereocenters. The summed E-state index contributed by atoms with van der Waals surface area (Å²) >= 11 is 1.84. The first kappa shape index (κ1) is 16.6. The van der Waals surface area contributed by atoms with Crippen LogP contribution in [0, 0.1) is 0 Å². The van der Waals surface area contributed by atoms with Gasteiger partial charge in [-0.15, -0.1) is 0 Å². The Morgan fingerprint density at radius 2 is 2.14 bits per heavy atom. The maximum atomic E-state index is 12.4. The van der Waals surface area contributed by atoms with Gasteiger partial charge in [0.25, 0.3) is 0 Å². The van der Waals surface area contributed by atoms with Crippen molar-refractivity contribution in [2.45, 2.75) is 49.3 Å². The predicted octanol–water partition coefficient (Wildman–Crippen LogP) is 2.47. The van der Waals surface area contributed by atoms with Crippen LogP contribution in [0.2, 0.25) is 0 Å². The van der Waals surface area contributed by atoms with Gasteiger partial charge in [-0.3, -0.25) is 0 Å². The summed E-state index contributed by atoms with van der Waals surface area (Å²) in [6.45, 7) is 4.84. The summed E-state index contributed by atoms with van der Waals surface area (Å²) in [6, 6.07) is 3.34. The van der Waals surface area contributed by atoms with E-state index in [2.05, 4.69) is 21.9 Å². The highest BCUT2D eigenvalue weighted by Gasteiger charge is 2.31. The minimum Gasteiger partial charge on any atom is -0.370 e. The number of aromatic nitrogens is 1. The van der Waals surface area contributed by atoms with Crippen LogP contribution in [0.25, 0.3) is 0 Å². The summed E-state index contributed by atoms with van der Waals surface area (Å²) in [4.78, 5) is 4.36. The number of anilines is 1. The molecule has 1 fully saturated rings. The molecule has 1 saturated carbocycles. The Balaban J connectivity index is 2.07.